The number of hydrogen-bond donors (Lipinski definition) is 0. The van der Waals surface area contributed by atoms with Crippen LogP contribution in [0.3, 0.4) is 0 Å². The van der Waals surface area contributed by atoms with Crippen molar-refractivity contribution in [3.8, 4) is 0 Å². The van der Waals surface area contributed by atoms with Gasteiger partial charge in [-0.2, -0.15) is 0 Å². The van der Waals surface area contributed by atoms with Gasteiger partial charge in [0.2, 0.25) is 0 Å². The number of hydrogen-bond acceptors (Lipinski definition) is 0. The van der Waals surface area contributed by atoms with E-state index in [1.165, 1.54) is 0 Å². The van der Waals surface area contributed by atoms with Gasteiger partial charge in [-0.05, 0) is 12.1 Å². The van der Waals surface area contributed by atoms with Gasteiger partial charge in [0.1, 0.15) is 0 Å². The SMILES string of the molecule is Cl.Cl.Cl.Clc1cccc(Cl)c1Cl. The van der Waals surface area contributed by atoms with Crippen LogP contribution in [-0.2, 0) is 0 Å². The van der Waals surface area contributed by atoms with Gasteiger partial charge in [-0.25, -0.2) is 0 Å². The summed E-state index contributed by atoms with van der Waals surface area (Å²) in [5.74, 6) is 0. The van der Waals surface area contributed by atoms with Gasteiger partial charge >= 0.3 is 0 Å². The molecule has 1 aromatic rings. The van der Waals surface area contributed by atoms with Crippen LogP contribution in [0.25, 0.3) is 0 Å². The van der Waals surface area contributed by atoms with Gasteiger partial charge in [-0.1, -0.05) is 40.9 Å². The Balaban J connectivity index is -0.000000270. The molecule has 0 aliphatic heterocycles. The third-order valence-electron chi connectivity index (χ3n) is 0.904. The molecule has 0 aromatic heterocycles. The van der Waals surface area contributed by atoms with E-state index in [0.29, 0.717) is 15.1 Å². The summed E-state index contributed by atoms with van der Waals surface area (Å²) in [6.45, 7) is 0. The molecular weight excluding hydrogens is 285 g/mol. The van der Waals surface area contributed by atoms with Crippen molar-refractivity contribution in [1.29, 1.82) is 0 Å². The fourth-order valence-electron chi connectivity index (χ4n) is 0.477. The van der Waals surface area contributed by atoms with Crippen molar-refractivity contribution in [1.82, 2.24) is 0 Å². The van der Waals surface area contributed by atoms with Crippen LogP contribution in [0.5, 0.6) is 0 Å². The van der Waals surface area contributed by atoms with E-state index in [-0.39, 0.29) is 37.2 Å². The zero-order valence-corrected chi connectivity index (χ0v) is 10.3. The summed E-state index contributed by atoms with van der Waals surface area (Å²) in [5, 5.41) is 1.40. The van der Waals surface area contributed by atoms with Crippen molar-refractivity contribution in [2.24, 2.45) is 0 Å². The molecule has 0 fully saturated rings. The molecule has 0 atom stereocenters. The maximum Gasteiger partial charge on any atom is 0.0778 e. The number of benzene rings is 1. The molecule has 6 heteroatoms. The van der Waals surface area contributed by atoms with Gasteiger partial charge in [-0.15, -0.1) is 37.2 Å². The highest BCUT2D eigenvalue weighted by molar-refractivity contribution is 6.47. The molecule has 0 unspecified atom stereocenters. The van der Waals surface area contributed by atoms with Crippen LogP contribution < -0.4 is 0 Å². The van der Waals surface area contributed by atoms with Crippen molar-refractivity contribution in [2.75, 3.05) is 0 Å². The van der Waals surface area contributed by atoms with Crippen molar-refractivity contribution < 1.29 is 0 Å². The molecular formula is C6H6Cl6. The van der Waals surface area contributed by atoms with Gasteiger partial charge in [0.25, 0.3) is 0 Å². The Labute approximate surface area is 105 Å². The average Bonchev–Trinajstić information content (AvgIpc) is 1.83. The van der Waals surface area contributed by atoms with E-state index < -0.39 is 0 Å². The molecule has 0 amide bonds. The van der Waals surface area contributed by atoms with Gasteiger partial charge in [0.15, 0.2) is 0 Å². The van der Waals surface area contributed by atoms with Crippen molar-refractivity contribution in [2.45, 2.75) is 0 Å². The molecule has 0 aliphatic carbocycles. The zero-order chi connectivity index (χ0) is 6.85. The molecule has 0 nitrogen and oxygen atoms in total. The van der Waals surface area contributed by atoms with Crippen molar-refractivity contribution in [3.63, 3.8) is 0 Å². The van der Waals surface area contributed by atoms with Crippen LogP contribution in [0, 0.1) is 0 Å². The lowest BCUT2D eigenvalue weighted by Gasteiger charge is -1.94. The van der Waals surface area contributed by atoms with Gasteiger partial charge in [-0.3, -0.25) is 0 Å². The van der Waals surface area contributed by atoms with E-state index >= 15 is 0 Å². The quantitative estimate of drug-likeness (QED) is 0.595. The summed E-state index contributed by atoms with van der Waals surface area (Å²) in [5.41, 5.74) is 0. The number of halogens is 6. The Hall–Kier alpha value is 0.960. The Bertz CT molecular complexity index is 203. The van der Waals surface area contributed by atoms with Crippen LogP contribution >= 0.6 is 72.0 Å². The van der Waals surface area contributed by atoms with Crippen LogP contribution in [0.4, 0.5) is 0 Å². The Morgan fingerprint density at radius 2 is 1.08 bits per heavy atom. The highest BCUT2D eigenvalue weighted by atomic mass is 35.5. The van der Waals surface area contributed by atoms with Gasteiger partial charge in [0, 0.05) is 0 Å². The third-order valence-corrected chi connectivity index (χ3v) is 2.14. The molecule has 0 radical (unpaired) electrons. The first-order valence-corrected chi connectivity index (χ1v) is 3.44. The highest BCUT2D eigenvalue weighted by Crippen LogP contribution is 2.28. The molecule has 0 saturated carbocycles. The van der Waals surface area contributed by atoms with Crippen LogP contribution in [0.1, 0.15) is 0 Å². The first-order valence-electron chi connectivity index (χ1n) is 2.31. The standard InChI is InChI=1S/C6H3Cl3.3ClH/c7-4-2-1-3-5(8)6(4)9;;;/h1-3H;3*1H. The lowest BCUT2D eigenvalue weighted by atomic mass is 10.4. The summed E-state index contributed by atoms with van der Waals surface area (Å²) in [4.78, 5) is 0. The maximum atomic E-state index is 5.61. The minimum atomic E-state index is 0. The first kappa shape index (κ1) is 18.7. The summed E-state index contributed by atoms with van der Waals surface area (Å²) < 4.78 is 0. The second-order valence-electron chi connectivity index (χ2n) is 1.54. The molecule has 0 aliphatic rings. The lowest BCUT2D eigenvalue weighted by molar-refractivity contribution is 1.70. The van der Waals surface area contributed by atoms with E-state index in [1.807, 2.05) is 0 Å². The number of rotatable bonds is 0. The van der Waals surface area contributed by atoms with Crippen LogP contribution in [0.15, 0.2) is 18.2 Å². The lowest BCUT2D eigenvalue weighted by Crippen LogP contribution is -1.67. The van der Waals surface area contributed by atoms with Crippen LogP contribution in [0.2, 0.25) is 15.1 Å². The van der Waals surface area contributed by atoms with E-state index in [0.717, 1.165) is 0 Å². The molecule has 1 aromatic carbocycles. The molecule has 0 spiro atoms. The minimum absolute atomic E-state index is 0. The van der Waals surface area contributed by atoms with Crippen molar-refractivity contribution in [3.05, 3.63) is 33.3 Å². The predicted molar refractivity (Wildman–Crippen MR) is 63.2 cm³/mol. The topological polar surface area (TPSA) is 0 Å². The fraction of sp³-hybridized carbons (Fsp3) is 0. The fourth-order valence-corrected chi connectivity index (χ4v) is 1.00. The van der Waals surface area contributed by atoms with Crippen LogP contribution in [-0.4, -0.2) is 0 Å². The van der Waals surface area contributed by atoms with Crippen molar-refractivity contribution >= 4 is 72.0 Å². The largest absolute Gasteiger partial charge is 0.147 e. The molecule has 1 rings (SSSR count). The summed E-state index contributed by atoms with van der Waals surface area (Å²) in [7, 11) is 0. The molecule has 0 bridgehead atoms. The minimum Gasteiger partial charge on any atom is -0.147 e. The molecule has 12 heavy (non-hydrogen) atoms. The third kappa shape index (κ3) is 4.86. The Morgan fingerprint density at radius 1 is 0.750 bits per heavy atom. The molecule has 0 saturated heterocycles. The van der Waals surface area contributed by atoms with E-state index in [1.54, 1.807) is 18.2 Å². The second kappa shape index (κ2) is 8.55. The Morgan fingerprint density at radius 3 is 1.33 bits per heavy atom. The zero-order valence-electron chi connectivity index (χ0n) is 5.59. The first-order chi connectivity index (χ1) is 4.22. The maximum absolute atomic E-state index is 5.61. The normalized spacial score (nSPS) is 7.25. The highest BCUT2D eigenvalue weighted by Gasteiger charge is 1.98. The van der Waals surface area contributed by atoms with Gasteiger partial charge in [0.05, 0.1) is 15.1 Å². The van der Waals surface area contributed by atoms with Gasteiger partial charge < -0.3 is 0 Å². The molecule has 72 valence electrons. The monoisotopic (exact) mass is 288 g/mol. The summed E-state index contributed by atoms with van der Waals surface area (Å²) in [6, 6.07) is 5.13. The Kier molecular flexibility index (Phi) is 13.3. The average molecular weight is 291 g/mol. The summed E-state index contributed by atoms with van der Waals surface area (Å²) >= 11 is 16.8. The van der Waals surface area contributed by atoms with E-state index in [9.17, 15) is 0 Å². The van der Waals surface area contributed by atoms with E-state index in [4.69, 9.17) is 34.8 Å². The smallest absolute Gasteiger partial charge is 0.0778 e. The predicted octanol–water partition coefficient (Wildman–Crippen LogP) is 4.91. The van der Waals surface area contributed by atoms with E-state index in [2.05, 4.69) is 0 Å². The molecule has 0 N–H and O–H groups in total. The second-order valence-corrected chi connectivity index (χ2v) is 2.73. The molecule has 0 heterocycles. The summed E-state index contributed by atoms with van der Waals surface area (Å²) in [6.07, 6.45) is 0.